The van der Waals surface area contributed by atoms with Gasteiger partial charge in [-0.05, 0) is 19.9 Å². The second-order valence-corrected chi connectivity index (χ2v) is 4.87. The van der Waals surface area contributed by atoms with E-state index in [9.17, 15) is 9.90 Å². The maximum absolute atomic E-state index is 11.5. The molecule has 0 fully saturated rings. The lowest BCUT2D eigenvalue weighted by Gasteiger charge is -2.26. The number of aryl methyl sites for hydroxylation is 2. The summed E-state index contributed by atoms with van der Waals surface area (Å²) in [5.41, 5.74) is -1.02. The molecular formula is C13H24N4O2. The van der Waals surface area contributed by atoms with Crippen LogP contribution in [0.5, 0.6) is 0 Å². The summed E-state index contributed by atoms with van der Waals surface area (Å²) in [5, 5.41) is 16.9. The zero-order valence-corrected chi connectivity index (χ0v) is 12.2. The molecule has 1 aromatic heterocycles. The smallest absolute Gasteiger partial charge is 0.325 e. The van der Waals surface area contributed by atoms with Crippen molar-refractivity contribution in [2.75, 3.05) is 6.54 Å². The third-order valence-electron chi connectivity index (χ3n) is 3.13. The Labute approximate surface area is 114 Å². The summed E-state index contributed by atoms with van der Waals surface area (Å²) < 4.78 is 1.72. The molecule has 1 atom stereocenters. The predicted molar refractivity (Wildman–Crippen MR) is 73.1 cm³/mol. The SMILES string of the molecule is CCCNC(C)(Cn1nc(CC)nc1CC)C(=O)O. The molecule has 1 rings (SSSR count). The fourth-order valence-corrected chi connectivity index (χ4v) is 1.86. The van der Waals surface area contributed by atoms with Gasteiger partial charge in [0.1, 0.15) is 11.4 Å². The van der Waals surface area contributed by atoms with Gasteiger partial charge in [0.25, 0.3) is 0 Å². The largest absolute Gasteiger partial charge is 0.480 e. The average Bonchev–Trinajstić information content (AvgIpc) is 2.78. The van der Waals surface area contributed by atoms with Gasteiger partial charge in [-0.25, -0.2) is 9.67 Å². The van der Waals surface area contributed by atoms with Crippen molar-refractivity contribution in [1.82, 2.24) is 20.1 Å². The van der Waals surface area contributed by atoms with Crippen LogP contribution in [0.4, 0.5) is 0 Å². The van der Waals surface area contributed by atoms with Crippen LogP contribution in [0.1, 0.15) is 45.8 Å². The summed E-state index contributed by atoms with van der Waals surface area (Å²) in [6.07, 6.45) is 2.39. The van der Waals surface area contributed by atoms with E-state index in [4.69, 9.17) is 0 Å². The van der Waals surface area contributed by atoms with E-state index in [2.05, 4.69) is 15.4 Å². The first-order valence-electron chi connectivity index (χ1n) is 6.87. The summed E-state index contributed by atoms with van der Waals surface area (Å²) in [7, 11) is 0. The lowest BCUT2D eigenvalue weighted by atomic mass is 10.0. The van der Waals surface area contributed by atoms with Crippen molar-refractivity contribution in [2.24, 2.45) is 0 Å². The Bertz CT molecular complexity index is 430. The predicted octanol–water partition coefficient (Wildman–Crippen LogP) is 1.25. The lowest BCUT2D eigenvalue weighted by Crippen LogP contribution is -2.53. The highest BCUT2D eigenvalue weighted by Crippen LogP contribution is 2.11. The van der Waals surface area contributed by atoms with E-state index < -0.39 is 11.5 Å². The second-order valence-electron chi connectivity index (χ2n) is 4.87. The van der Waals surface area contributed by atoms with E-state index >= 15 is 0 Å². The fraction of sp³-hybridized carbons (Fsp3) is 0.769. The van der Waals surface area contributed by atoms with Gasteiger partial charge in [0.05, 0.1) is 6.54 Å². The molecule has 1 unspecified atom stereocenters. The molecule has 0 aliphatic rings. The zero-order valence-electron chi connectivity index (χ0n) is 12.2. The number of carbonyl (C=O) groups is 1. The molecule has 2 N–H and O–H groups in total. The van der Waals surface area contributed by atoms with Crippen LogP contribution in [0.15, 0.2) is 0 Å². The van der Waals surface area contributed by atoms with E-state index in [1.807, 2.05) is 20.8 Å². The van der Waals surface area contributed by atoms with Crippen LogP contribution in [0.25, 0.3) is 0 Å². The summed E-state index contributed by atoms with van der Waals surface area (Å²) in [6.45, 7) is 8.65. The van der Waals surface area contributed by atoms with Gasteiger partial charge >= 0.3 is 5.97 Å². The van der Waals surface area contributed by atoms with E-state index in [-0.39, 0.29) is 0 Å². The molecule has 108 valence electrons. The third-order valence-corrected chi connectivity index (χ3v) is 3.13. The highest BCUT2D eigenvalue weighted by atomic mass is 16.4. The Morgan fingerprint density at radius 3 is 2.53 bits per heavy atom. The van der Waals surface area contributed by atoms with Gasteiger partial charge in [-0.15, -0.1) is 0 Å². The lowest BCUT2D eigenvalue weighted by molar-refractivity contribution is -0.144. The van der Waals surface area contributed by atoms with Gasteiger partial charge in [-0.2, -0.15) is 5.10 Å². The molecule has 1 heterocycles. The van der Waals surface area contributed by atoms with Gasteiger partial charge in [-0.1, -0.05) is 20.8 Å². The molecule has 0 aliphatic heterocycles. The number of carboxylic acid groups (broad SMARTS) is 1. The maximum Gasteiger partial charge on any atom is 0.325 e. The number of hydrogen-bond donors (Lipinski definition) is 2. The number of hydrogen-bond acceptors (Lipinski definition) is 4. The maximum atomic E-state index is 11.5. The molecule has 19 heavy (non-hydrogen) atoms. The topological polar surface area (TPSA) is 80.0 Å². The first-order valence-corrected chi connectivity index (χ1v) is 6.87. The van der Waals surface area contributed by atoms with Crippen molar-refractivity contribution in [3.05, 3.63) is 11.6 Å². The Hall–Kier alpha value is -1.43. The molecule has 6 nitrogen and oxygen atoms in total. The first-order chi connectivity index (χ1) is 8.96. The van der Waals surface area contributed by atoms with E-state index in [1.54, 1.807) is 11.6 Å². The molecule has 0 aliphatic carbocycles. The number of carboxylic acids is 1. The van der Waals surface area contributed by atoms with Gasteiger partial charge in [0.15, 0.2) is 5.82 Å². The van der Waals surface area contributed by atoms with Crippen LogP contribution < -0.4 is 5.32 Å². The summed E-state index contributed by atoms with van der Waals surface area (Å²) in [6, 6.07) is 0. The Kier molecular flexibility index (Phi) is 5.47. The molecule has 6 heteroatoms. The molecule has 0 radical (unpaired) electrons. The molecule has 0 spiro atoms. The molecule has 0 amide bonds. The van der Waals surface area contributed by atoms with E-state index in [0.29, 0.717) is 13.1 Å². The van der Waals surface area contributed by atoms with Gasteiger partial charge in [-0.3, -0.25) is 4.79 Å². The molecule has 0 bridgehead atoms. The molecule has 0 saturated heterocycles. The van der Waals surface area contributed by atoms with Gasteiger partial charge in [0, 0.05) is 12.8 Å². The van der Waals surface area contributed by atoms with Crippen LogP contribution in [0.3, 0.4) is 0 Å². The average molecular weight is 268 g/mol. The Balaban J connectivity index is 2.95. The highest BCUT2D eigenvalue weighted by Gasteiger charge is 2.34. The normalized spacial score (nSPS) is 14.3. The van der Waals surface area contributed by atoms with Crippen LogP contribution in [-0.4, -0.2) is 37.9 Å². The van der Waals surface area contributed by atoms with Crippen molar-refractivity contribution in [3.63, 3.8) is 0 Å². The van der Waals surface area contributed by atoms with Crippen LogP contribution in [-0.2, 0) is 24.2 Å². The highest BCUT2D eigenvalue weighted by molar-refractivity contribution is 5.78. The minimum atomic E-state index is -1.02. The molecule has 0 aromatic carbocycles. The Morgan fingerprint density at radius 2 is 2.05 bits per heavy atom. The van der Waals surface area contributed by atoms with E-state index in [1.165, 1.54) is 0 Å². The van der Waals surface area contributed by atoms with E-state index in [0.717, 1.165) is 30.9 Å². The van der Waals surface area contributed by atoms with Crippen LogP contribution in [0.2, 0.25) is 0 Å². The monoisotopic (exact) mass is 268 g/mol. The number of nitrogens with zero attached hydrogens (tertiary/aromatic N) is 3. The second kappa shape index (κ2) is 6.65. The number of aliphatic carboxylic acids is 1. The molecule has 0 saturated carbocycles. The van der Waals surface area contributed by atoms with Crippen molar-refractivity contribution < 1.29 is 9.90 Å². The fourth-order valence-electron chi connectivity index (χ4n) is 1.86. The number of aromatic nitrogens is 3. The van der Waals surface area contributed by atoms with Crippen molar-refractivity contribution in [2.45, 2.75) is 59.0 Å². The van der Waals surface area contributed by atoms with Gasteiger partial charge < -0.3 is 10.4 Å². The van der Waals surface area contributed by atoms with Crippen molar-refractivity contribution >= 4 is 5.97 Å². The summed E-state index contributed by atoms with van der Waals surface area (Å²) in [4.78, 5) is 15.9. The first kappa shape index (κ1) is 15.6. The molecular weight excluding hydrogens is 244 g/mol. The Morgan fingerprint density at radius 1 is 1.37 bits per heavy atom. The van der Waals surface area contributed by atoms with Gasteiger partial charge in [0.2, 0.25) is 0 Å². The number of rotatable bonds is 8. The van der Waals surface area contributed by atoms with Crippen LogP contribution in [0, 0.1) is 0 Å². The summed E-state index contributed by atoms with van der Waals surface area (Å²) >= 11 is 0. The zero-order chi connectivity index (χ0) is 14.5. The van der Waals surface area contributed by atoms with Crippen molar-refractivity contribution in [3.8, 4) is 0 Å². The third kappa shape index (κ3) is 3.76. The van der Waals surface area contributed by atoms with Crippen LogP contribution >= 0.6 is 0 Å². The minimum absolute atomic E-state index is 0.290. The quantitative estimate of drug-likeness (QED) is 0.741. The number of nitrogens with one attached hydrogen (secondary N) is 1. The minimum Gasteiger partial charge on any atom is -0.480 e. The molecule has 1 aromatic rings. The van der Waals surface area contributed by atoms with Crippen molar-refractivity contribution in [1.29, 1.82) is 0 Å². The standard InChI is InChI=1S/C13H24N4O2/c1-5-8-14-13(4,12(18)19)9-17-11(7-3)15-10(6-2)16-17/h14H,5-9H2,1-4H3,(H,18,19). The summed E-state index contributed by atoms with van der Waals surface area (Å²) in [5.74, 6) is 0.735.